The number of aromatic nitrogens is 1. The van der Waals surface area contributed by atoms with Gasteiger partial charge in [0.05, 0.1) is 6.42 Å². The van der Waals surface area contributed by atoms with Gasteiger partial charge in [0.25, 0.3) is 0 Å². The maximum absolute atomic E-state index is 10.6. The minimum atomic E-state index is -0.808. The number of carboxylic acid groups (broad SMARTS) is 1. The lowest BCUT2D eigenvalue weighted by molar-refractivity contribution is -0.136. The Morgan fingerprint density at radius 2 is 2.19 bits per heavy atom. The Balaban J connectivity index is 2.52. The number of carbonyl (C=O) groups is 1. The van der Waals surface area contributed by atoms with Crippen molar-refractivity contribution in [3.8, 4) is 0 Å². The van der Waals surface area contributed by atoms with E-state index in [1.165, 1.54) is 5.56 Å². The summed E-state index contributed by atoms with van der Waals surface area (Å²) >= 11 is 0. The maximum Gasteiger partial charge on any atom is 0.309 e. The molecule has 3 nitrogen and oxygen atoms in total. The molecule has 0 spiro atoms. The number of hydrogen-bond donors (Lipinski definition) is 2. The highest BCUT2D eigenvalue weighted by Crippen LogP contribution is 2.26. The van der Waals surface area contributed by atoms with Gasteiger partial charge in [-0.3, -0.25) is 4.79 Å². The van der Waals surface area contributed by atoms with E-state index in [0.717, 1.165) is 16.6 Å². The Labute approximate surface area is 94.1 Å². The Bertz CT molecular complexity index is 526. The zero-order valence-electron chi connectivity index (χ0n) is 9.45. The first-order valence-electron chi connectivity index (χ1n) is 5.40. The van der Waals surface area contributed by atoms with Crippen molar-refractivity contribution in [1.29, 1.82) is 0 Å². The molecule has 1 aromatic heterocycles. The normalized spacial score (nSPS) is 11.2. The fourth-order valence-corrected chi connectivity index (χ4v) is 2.00. The van der Waals surface area contributed by atoms with E-state index < -0.39 is 5.97 Å². The number of nitrogens with one attached hydrogen (secondary N) is 1. The van der Waals surface area contributed by atoms with Crippen LogP contribution in [0.4, 0.5) is 0 Å². The maximum atomic E-state index is 10.6. The lowest BCUT2D eigenvalue weighted by Gasteiger charge is -2.05. The molecule has 1 heterocycles. The topological polar surface area (TPSA) is 53.1 Å². The van der Waals surface area contributed by atoms with Crippen LogP contribution in [-0.4, -0.2) is 16.1 Å². The number of aromatic amines is 1. The number of H-pyrrole nitrogens is 1. The SMILES string of the molecule is CC(C)c1cccc2[nH]c(CC(=O)O)cc12. The fourth-order valence-electron chi connectivity index (χ4n) is 2.00. The quantitative estimate of drug-likeness (QED) is 0.830. The molecule has 0 aliphatic carbocycles. The Hall–Kier alpha value is -1.77. The third-order valence-electron chi connectivity index (χ3n) is 2.72. The van der Waals surface area contributed by atoms with Gasteiger partial charge in [-0.2, -0.15) is 0 Å². The summed E-state index contributed by atoms with van der Waals surface area (Å²) in [6.45, 7) is 4.28. The van der Waals surface area contributed by atoms with Gasteiger partial charge in [-0.15, -0.1) is 0 Å². The number of benzene rings is 1. The lowest BCUT2D eigenvalue weighted by atomic mass is 9.99. The van der Waals surface area contributed by atoms with E-state index >= 15 is 0 Å². The van der Waals surface area contributed by atoms with E-state index in [9.17, 15) is 4.79 Å². The first-order chi connectivity index (χ1) is 7.58. The summed E-state index contributed by atoms with van der Waals surface area (Å²) in [7, 11) is 0. The van der Waals surface area contributed by atoms with E-state index in [4.69, 9.17) is 5.11 Å². The van der Waals surface area contributed by atoms with Crippen LogP contribution in [0.1, 0.15) is 31.0 Å². The van der Waals surface area contributed by atoms with E-state index in [-0.39, 0.29) is 6.42 Å². The number of aliphatic carboxylic acids is 1. The molecule has 2 rings (SSSR count). The van der Waals surface area contributed by atoms with Crippen LogP contribution in [0.2, 0.25) is 0 Å². The second kappa shape index (κ2) is 4.00. The fraction of sp³-hybridized carbons (Fsp3) is 0.308. The monoisotopic (exact) mass is 217 g/mol. The molecule has 0 atom stereocenters. The molecule has 2 N–H and O–H groups in total. The molecule has 1 aromatic carbocycles. The molecule has 0 radical (unpaired) electrons. The van der Waals surface area contributed by atoms with Gasteiger partial charge < -0.3 is 10.1 Å². The van der Waals surface area contributed by atoms with Crippen molar-refractivity contribution < 1.29 is 9.90 Å². The Morgan fingerprint density at radius 1 is 1.44 bits per heavy atom. The van der Waals surface area contributed by atoms with Gasteiger partial charge in [-0.1, -0.05) is 26.0 Å². The molecule has 16 heavy (non-hydrogen) atoms. The largest absolute Gasteiger partial charge is 0.481 e. The van der Waals surface area contributed by atoms with Gasteiger partial charge in [0.15, 0.2) is 0 Å². The predicted molar refractivity (Wildman–Crippen MR) is 63.7 cm³/mol. The molecule has 0 aliphatic rings. The minimum Gasteiger partial charge on any atom is -0.481 e. The van der Waals surface area contributed by atoms with Gasteiger partial charge in [0.1, 0.15) is 0 Å². The molecule has 0 amide bonds. The molecule has 2 aromatic rings. The average Bonchev–Trinajstić information content (AvgIpc) is 2.57. The zero-order chi connectivity index (χ0) is 11.7. The molecule has 84 valence electrons. The van der Waals surface area contributed by atoms with Gasteiger partial charge in [0, 0.05) is 16.6 Å². The summed E-state index contributed by atoms with van der Waals surface area (Å²) in [6, 6.07) is 8.01. The summed E-state index contributed by atoms with van der Waals surface area (Å²) in [6.07, 6.45) is 0.0478. The second-order valence-electron chi connectivity index (χ2n) is 4.33. The van der Waals surface area contributed by atoms with Crippen molar-refractivity contribution in [2.75, 3.05) is 0 Å². The first kappa shape index (κ1) is 10.7. The van der Waals surface area contributed by atoms with Crippen LogP contribution >= 0.6 is 0 Å². The highest BCUT2D eigenvalue weighted by molar-refractivity contribution is 5.85. The first-order valence-corrected chi connectivity index (χ1v) is 5.40. The molecular weight excluding hydrogens is 202 g/mol. The number of carboxylic acids is 1. The highest BCUT2D eigenvalue weighted by Gasteiger charge is 2.09. The van der Waals surface area contributed by atoms with Crippen molar-refractivity contribution in [2.24, 2.45) is 0 Å². The van der Waals surface area contributed by atoms with Crippen molar-refractivity contribution in [2.45, 2.75) is 26.2 Å². The lowest BCUT2D eigenvalue weighted by Crippen LogP contribution is -1.99. The summed E-state index contributed by atoms with van der Waals surface area (Å²) in [5.41, 5.74) is 3.03. The molecule has 0 saturated carbocycles. The molecule has 0 aliphatic heterocycles. The summed E-state index contributed by atoms with van der Waals surface area (Å²) in [5, 5.41) is 9.88. The average molecular weight is 217 g/mol. The van der Waals surface area contributed by atoms with Crippen molar-refractivity contribution in [1.82, 2.24) is 4.98 Å². The van der Waals surface area contributed by atoms with E-state index in [2.05, 4.69) is 24.9 Å². The van der Waals surface area contributed by atoms with Crippen molar-refractivity contribution in [3.63, 3.8) is 0 Å². The minimum absolute atomic E-state index is 0.0478. The molecule has 0 unspecified atom stereocenters. The van der Waals surface area contributed by atoms with Crippen molar-refractivity contribution >= 4 is 16.9 Å². The van der Waals surface area contributed by atoms with Gasteiger partial charge in [-0.25, -0.2) is 0 Å². The van der Waals surface area contributed by atoms with Crippen LogP contribution in [0.25, 0.3) is 10.9 Å². The van der Waals surface area contributed by atoms with Crippen molar-refractivity contribution in [3.05, 3.63) is 35.5 Å². The van der Waals surface area contributed by atoms with Crippen LogP contribution in [0, 0.1) is 0 Å². The zero-order valence-corrected chi connectivity index (χ0v) is 9.45. The molecule has 0 saturated heterocycles. The van der Waals surface area contributed by atoms with Crippen LogP contribution in [-0.2, 0) is 11.2 Å². The number of hydrogen-bond acceptors (Lipinski definition) is 1. The smallest absolute Gasteiger partial charge is 0.309 e. The molecule has 0 bridgehead atoms. The summed E-state index contributed by atoms with van der Waals surface area (Å²) in [4.78, 5) is 13.8. The molecule has 0 fully saturated rings. The highest BCUT2D eigenvalue weighted by atomic mass is 16.4. The Morgan fingerprint density at radius 3 is 2.81 bits per heavy atom. The Kier molecular flexibility index (Phi) is 2.69. The van der Waals surface area contributed by atoms with Gasteiger partial charge in [-0.05, 0) is 23.6 Å². The van der Waals surface area contributed by atoms with E-state index in [1.807, 2.05) is 18.2 Å². The van der Waals surface area contributed by atoms with Crippen LogP contribution in [0.5, 0.6) is 0 Å². The van der Waals surface area contributed by atoms with Crippen LogP contribution < -0.4 is 0 Å². The molecular formula is C13H15NO2. The number of fused-ring (bicyclic) bond motifs is 1. The third-order valence-corrected chi connectivity index (χ3v) is 2.72. The van der Waals surface area contributed by atoms with Gasteiger partial charge >= 0.3 is 5.97 Å². The molecule has 3 heteroatoms. The van der Waals surface area contributed by atoms with Crippen LogP contribution in [0.15, 0.2) is 24.3 Å². The summed E-state index contributed by atoms with van der Waals surface area (Å²) in [5.74, 6) is -0.366. The standard InChI is InChI=1S/C13H15NO2/c1-8(2)10-4-3-5-12-11(10)6-9(14-12)7-13(15)16/h3-6,8,14H,7H2,1-2H3,(H,15,16). The third kappa shape index (κ3) is 1.94. The van der Waals surface area contributed by atoms with Gasteiger partial charge in [0.2, 0.25) is 0 Å². The van der Waals surface area contributed by atoms with E-state index in [1.54, 1.807) is 0 Å². The second-order valence-corrected chi connectivity index (χ2v) is 4.33. The van der Waals surface area contributed by atoms with Crippen LogP contribution in [0.3, 0.4) is 0 Å². The number of rotatable bonds is 3. The van der Waals surface area contributed by atoms with E-state index in [0.29, 0.717) is 5.92 Å². The summed E-state index contributed by atoms with van der Waals surface area (Å²) < 4.78 is 0. The predicted octanol–water partition coefficient (Wildman–Crippen LogP) is 2.92.